The minimum absolute atomic E-state index is 0.877. The molecule has 6 rings (SSSR count). The first-order valence-electron chi connectivity index (χ1n) is 9.44. The van der Waals surface area contributed by atoms with Crippen molar-refractivity contribution in [3.63, 3.8) is 0 Å². The molecule has 2 nitrogen and oxygen atoms in total. The van der Waals surface area contributed by atoms with Crippen molar-refractivity contribution < 1.29 is 9.47 Å². The fourth-order valence-corrected chi connectivity index (χ4v) is 4.61. The van der Waals surface area contributed by atoms with Gasteiger partial charge in [-0.25, -0.2) is 0 Å². The quantitative estimate of drug-likeness (QED) is 0.367. The summed E-state index contributed by atoms with van der Waals surface area (Å²) in [6.45, 7) is 0. The smallest absolute Gasteiger partial charge is 0.126 e. The molecule has 4 aromatic carbocycles. The standard InChI is InChI=1S/C26H18O2/c1-27-23-11-12-24(28-2)20-14-22-21(13-19(20)23)26(22)25-17-9-5-3-7-15(17)16-8-4-6-10-18(16)25/h3-14H,1-2H3. The summed E-state index contributed by atoms with van der Waals surface area (Å²) in [4.78, 5) is 0. The zero-order valence-corrected chi connectivity index (χ0v) is 15.7. The van der Waals surface area contributed by atoms with Gasteiger partial charge < -0.3 is 9.47 Å². The fourth-order valence-electron chi connectivity index (χ4n) is 4.61. The Hall–Kier alpha value is -3.52. The van der Waals surface area contributed by atoms with E-state index in [1.54, 1.807) is 14.2 Å². The number of hydrogen-bond donors (Lipinski definition) is 0. The normalized spacial score (nSPS) is 13.2. The van der Waals surface area contributed by atoms with Crippen molar-refractivity contribution in [2.45, 2.75) is 0 Å². The second-order valence-corrected chi connectivity index (χ2v) is 7.25. The van der Waals surface area contributed by atoms with Gasteiger partial charge in [-0.3, -0.25) is 0 Å². The van der Waals surface area contributed by atoms with Crippen LogP contribution in [0.3, 0.4) is 0 Å². The molecule has 28 heavy (non-hydrogen) atoms. The molecule has 2 aliphatic rings. The third-order valence-electron chi connectivity index (χ3n) is 5.92. The Morgan fingerprint density at radius 2 is 0.857 bits per heavy atom. The second-order valence-electron chi connectivity index (χ2n) is 7.25. The van der Waals surface area contributed by atoms with E-state index < -0.39 is 0 Å². The molecule has 0 atom stereocenters. The Morgan fingerprint density at radius 1 is 0.464 bits per heavy atom. The molecule has 0 fully saturated rings. The summed E-state index contributed by atoms with van der Waals surface area (Å²) in [5.74, 6) is 1.75. The summed E-state index contributed by atoms with van der Waals surface area (Å²) >= 11 is 0. The van der Waals surface area contributed by atoms with Crippen LogP contribution in [0.5, 0.6) is 11.5 Å². The summed E-state index contributed by atoms with van der Waals surface area (Å²) in [5, 5.41) is 2.19. The number of hydrogen-bond acceptors (Lipinski definition) is 2. The van der Waals surface area contributed by atoms with E-state index >= 15 is 0 Å². The molecule has 0 heterocycles. The van der Waals surface area contributed by atoms with Crippen molar-refractivity contribution in [1.82, 2.24) is 0 Å². The molecule has 0 aliphatic heterocycles. The van der Waals surface area contributed by atoms with Gasteiger partial charge in [-0.1, -0.05) is 48.5 Å². The highest BCUT2D eigenvalue weighted by atomic mass is 16.5. The van der Waals surface area contributed by atoms with Gasteiger partial charge in [-0.15, -0.1) is 0 Å². The van der Waals surface area contributed by atoms with E-state index in [2.05, 4.69) is 60.7 Å². The summed E-state index contributed by atoms with van der Waals surface area (Å²) in [6, 6.07) is 25.8. The van der Waals surface area contributed by atoms with E-state index in [1.165, 1.54) is 44.5 Å². The Bertz CT molecular complexity index is 1230. The van der Waals surface area contributed by atoms with Crippen molar-refractivity contribution in [2.75, 3.05) is 14.2 Å². The largest absolute Gasteiger partial charge is 0.496 e. The Labute approximate surface area is 163 Å². The van der Waals surface area contributed by atoms with Crippen LogP contribution in [0, 0.1) is 0 Å². The van der Waals surface area contributed by atoms with Gasteiger partial charge in [0.05, 0.1) is 14.2 Å². The summed E-state index contributed by atoms with van der Waals surface area (Å²) in [6.07, 6.45) is 0. The van der Waals surface area contributed by atoms with Gasteiger partial charge in [0.2, 0.25) is 0 Å². The van der Waals surface area contributed by atoms with E-state index in [9.17, 15) is 0 Å². The lowest BCUT2D eigenvalue weighted by Gasteiger charge is -2.08. The van der Waals surface area contributed by atoms with Gasteiger partial charge in [0.25, 0.3) is 0 Å². The van der Waals surface area contributed by atoms with Gasteiger partial charge in [0, 0.05) is 10.8 Å². The van der Waals surface area contributed by atoms with Crippen LogP contribution in [0.4, 0.5) is 0 Å². The van der Waals surface area contributed by atoms with Crippen LogP contribution in [0.1, 0.15) is 22.3 Å². The van der Waals surface area contributed by atoms with Gasteiger partial charge in [-0.05, 0) is 68.8 Å². The minimum Gasteiger partial charge on any atom is -0.496 e. The first kappa shape index (κ1) is 15.5. The molecular weight excluding hydrogens is 344 g/mol. The third-order valence-corrected chi connectivity index (χ3v) is 5.92. The van der Waals surface area contributed by atoms with E-state index in [-0.39, 0.29) is 0 Å². The maximum atomic E-state index is 5.61. The first-order chi connectivity index (χ1) is 13.8. The molecule has 0 aromatic heterocycles. The Balaban J connectivity index is 1.66. The average Bonchev–Trinajstić information content (AvgIpc) is 3.34. The van der Waals surface area contributed by atoms with Crippen molar-refractivity contribution in [2.24, 2.45) is 0 Å². The second kappa shape index (κ2) is 5.49. The van der Waals surface area contributed by atoms with Gasteiger partial charge in [0.15, 0.2) is 0 Å². The molecule has 0 saturated heterocycles. The lowest BCUT2D eigenvalue weighted by atomic mass is 10.0. The zero-order chi connectivity index (χ0) is 18.8. The molecule has 0 unspecified atom stereocenters. The molecule has 0 amide bonds. The van der Waals surface area contributed by atoms with Crippen LogP contribution in [0.2, 0.25) is 0 Å². The molecule has 0 saturated carbocycles. The monoisotopic (exact) mass is 362 g/mol. The van der Waals surface area contributed by atoms with E-state index in [4.69, 9.17) is 9.47 Å². The number of rotatable bonds is 2. The Morgan fingerprint density at radius 3 is 1.29 bits per heavy atom. The molecule has 0 N–H and O–H groups in total. The van der Waals surface area contributed by atoms with Gasteiger partial charge in [0.1, 0.15) is 11.5 Å². The SMILES string of the molecule is COc1ccc(OC)c2cc3c(cc12)C3=C1c2ccccc2-c2ccccc21. The summed E-state index contributed by atoms with van der Waals surface area (Å²) in [7, 11) is 3.44. The molecule has 0 spiro atoms. The predicted octanol–water partition coefficient (Wildman–Crippen LogP) is 6.16. The predicted molar refractivity (Wildman–Crippen MR) is 114 cm³/mol. The van der Waals surface area contributed by atoms with Gasteiger partial charge >= 0.3 is 0 Å². The lowest BCUT2D eigenvalue weighted by molar-refractivity contribution is 0.410. The lowest BCUT2D eigenvalue weighted by Crippen LogP contribution is -1.88. The molecule has 0 radical (unpaired) electrons. The highest BCUT2D eigenvalue weighted by molar-refractivity contribution is 6.23. The fraction of sp³-hybridized carbons (Fsp3) is 0.0769. The Kier molecular flexibility index (Phi) is 3.05. The molecule has 2 aliphatic carbocycles. The number of benzene rings is 4. The van der Waals surface area contributed by atoms with Crippen molar-refractivity contribution in [3.8, 4) is 22.6 Å². The molecule has 2 heteroatoms. The highest BCUT2D eigenvalue weighted by Crippen LogP contribution is 2.56. The van der Waals surface area contributed by atoms with Crippen molar-refractivity contribution in [3.05, 3.63) is 95.1 Å². The summed E-state index contributed by atoms with van der Waals surface area (Å²) < 4.78 is 11.2. The molecule has 0 bridgehead atoms. The number of methoxy groups -OCH3 is 2. The maximum Gasteiger partial charge on any atom is 0.126 e. The van der Waals surface area contributed by atoms with Crippen LogP contribution >= 0.6 is 0 Å². The van der Waals surface area contributed by atoms with Crippen LogP contribution in [0.15, 0.2) is 72.8 Å². The number of ether oxygens (including phenoxy) is 2. The van der Waals surface area contributed by atoms with Crippen LogP contribution in [-0.4, -0.2) is 14.2 Å². The van der Waals surface area contributed by atoms with Crippen molar-refractivity contribution >= 4 is 21.9 Å². The zero-order valence-electron chi connectivity index (χ0n) is 15.7. The number of fused-ring (bicyclic) bond motifs is 5. The molecule has 4 aromatic rings. The van der Waals surface area contributed by atoms with Crippen LogP contribution < -0.4 is 9.47 Å². The van der Waals surface area contributed by atoms with E-state index in [0.717, 1.165) is 22.3 Å². The topological polar surface area (TPSA) is 18.5 Å². The minimum atomic E-state index is 0.877. The van der Waals surface area contributed by atoms with Crippen LogP contribution in [0.25, 0.3) is 33.0 Å². The van der Waals surface area contributed by atoms with E-state index in [1.807, 2.05) is 12.1 Å². The third kappa shape index (κ3) is 1.92. The highest BCUT2D eigenvalue weighted by Gasteiger charge is 2.35. The first-order valence-corrected chi connectivity index (χ1v) is 9.44. The maximum absolute atomic E-state index is 5.61. The van der Waals surface area contributed by atoms with Crippen molar-refractivity contribution in [1.29, 1.82) is 0 Å². The van der Waals surface area contributed by atoms with E-state index in [0.29, 0.717) is 0 Å². The average molecular weight is 362 g/mol. The van der Waals surface area contributed by atoms with Gasteiger partial charge in [-0.2, -0.15) is 0 Å². The summed E-state index contributed by atoms with van der Waals surface area (Å²) in [5.41, 5.74) is 10.6. The van der Waals surface area contributed by atoms with Crippen LogP contribution in [-0.2, 0) is 0 Å². The molecule has 134 valence electrons. The molecular formula is C26H18O2.